The van der Waals surface area contributed by atoms with Crippen LogP contribution in [0.1, 0.15) is 31.1 Å². The molecule has 0 saturated carbocycles. The minimum absolute atomic E-state index is 0.00572. The van der Waals surface area contributed by atoms with Gasteiger partial charge in [-0.2, -0.15) is 9.57 Å². The zero-order chi connectivity index (χ0) is 21.6. The van der Waals surface area contributed by atoms with Crippen LogP contribution in [0.15, 0.2) is 29.2 Å². The van der Waals surface area contributed by atoms with Crippen LogP contribution < -0.4 is 5.32 Å². The van der Waals surface area contributed by atoms with Crippen LogP contribution in [0, 0.1) is 17.2 Å². The lowest BCUT2D eigenvalue weighted by atomic mass is 10.0. The molecule has 1 N–H and O–H groups in total. The van der Waals surface area contributed by atoms with Crippen LogP contribution in [-0.4, -0.2) is 63.0 Å². The van der Waals surface area contributed by atoms with Gasteiger partial charge in [0.1, 0.15) is 12.1 Å². The summed E-state index contributed by atoms with van der Waals surface area (Å²) in [6.07, 6.45) is -0.942. The smallest absolute Gasteiger partial charge is 0.330 e. The molecule has 0 aromatic heterocycles. The number of nitriles is 1. The first-order valence-electron chi connectivity index (χ1n) is 9.25. The van der Waals surface area contributed by atoms with E-state index < -0.39 is 34.0 Å². The molecule has 1 aliphatic heterocycles. The zero-order valence-corrected chi connectivity index (χ0v) is 17.4. The zero-order valence-electron chi connectivity index (χ0n) is 16.6. The minimum atomic E-state index is -3.75. The average Bonchev–Trinajstić information content (AvgIpc) is 2.72. The first-order chi connectivity index (χ1) is 13.7. The van der Waals surface area contributed by atoms with E-state index in [0.717, 1.165) is 0 Å². The van der Waals surface area contributed by atoms with Gasteiger partial charge in [0.05, 0.1) is 18.1 Å². The molecular weight excluding hydrogens is 398 g/mol. The molecule has 0 radical (unpaired) electrons. The summed E-state index contributed by atoms with van der Waals surface area (Å²) in [4.78, 5) is 24.9. The molecule has 0 aliphatic carbocycles. The first kappa shape index (κ1) is 22.8. The Hall–Kier alpha value is -2.48. The van der Waals surface area contributed by atoms with E-state index in [4.69, 9.17) is 14.7 Å². The Morgan fingerprint density at radius 2 is 1.90 bits per heavy atom. The average molecular weight is 423 g/mol. The standard InChI is InChI=1S/C19H25N3O6S/c1-13(2)17(19(24)28-14(3)12-20)21-18(23)15-5-4-6-16(11-15)29(25,26)22-7-9-27-10-8-22/h4-6,11,13-14,17H,7-10H2,1-3H3,(H,21,23). The minimum Gasteiger partial charge on any atom is -0.446 e. The van der Waals surface area contributed by atoms with Crippen molar-refractivity contribution >= 4 is 21.9 Å². The number of nitrogens with one attached hydrogen (secondary N) is 1. The lowest BCUT2D eigenvalue weighted by Crippen LogP contribution is -2.46. The number of amides is 1. The van der Waals surface area contributed by atoms with Gasteiger partial charge < -0.3 is 14.8 Å². The van der Waals surface area contributed by atoms with Crippen molar-refractivity contribution in [3.63, 3.8) is 0 Å². The molecule has 1 aromatic carbocycles. The summed E-state index contributed by atoms with van der Waals surface area (Å²) in [6, 6.07) is 6.46. The van der Waals surface area contributed by atoms with E-state index in [9.17, 15) is 18.0 Å². The van der Waals surface area contributed by atoms with Gasteiger partial charge in [-0.25, -0.2) is 13.2 Å². The topological polar surface area (TPSA) is 126 Å². The summed E-state index contributed by atoms with van der Waals surface area (Å²) >= 11 is 0. The van der Waals surface area contributed by atoms with Crippen molar-refractivity contribution in [2.45, 2.75) is 37.8 Å². The third kappa shape index (κ3) is 5.76. The van der Waals surface area contributed by atoms with Crippen molar-refractivity contribution < 1.29 is 27.5 Å². The maximum atomic E-state index is 12.8. The Kier molecular flexibility index (Phi) is 7.73. The van der Waals surface area contributed by atoms with Gasteiger partial charge >= 0.3 is 5.97 Å². The highest BCUT2D eigenvalue weighted by molar-refractivity contribution is 7.89. The third-order valence-corrected chi connectivity index (χ3v) is 6.28. The quantitative estimate of drug-likeness (QED) is 0.646. The Bertz CT molecular complexity index is 887. The Balaban J connectivity index is 2.19. The summed E-state index contributed by atoms with van der Waals surface area (Å²) in [5, 5.41) is 11.4. The Morgan fingerprint density at radius 1 is 1.24 bits per heavy atom. The molecule has 1 saturated heterocycles. The highest BCUT2D eigenvalue weighted by Crippen LogP contribution is 2.19. The lowest BCUT2D eigenvalue weighted by molar-refractivity contribution is -0.149. The summed E-state index contributed by atoms with van der Waals surface area (Å²) in [5.41, 5.74) is 0.103. The number of sulfonamides is 1. The SMILES string of the molecule is CC(C#N)OC(=O)C(NC(=O)c1cccc(S(=O)(=O)N2CCOCC2)c1)C(C)C. The number of carbonyl (C=O) groups is 2. The molecule has 2 atom stereocenters. The number of benzene rings is 1. The number of hydrogen-bond acceptors (Lipinski definition) is 7. The molecule has 1 amide bonds. The van der Waals surface area contributed by atoms with E-state index in [1.165, 1.54) is 35.5 Å². The number of morpholine rings is 1. The molecule has 9 nitrogen and oxygen atoms in total. The Morgan fingerprint density at radius 3 is 2.48 bits per heavy atom. The van der Waals surface area contributed by atoms with Gasteiger partial charge in [-0.3, -0.25) is 4.79 Å². The molecule has 1 aliphatic rings. The summed E-state index contributed by atoms with van der Waals surface area (Å²) in [5.74, 6) is -1.62. The van der Waals surface area contributed by atoms with Crippen molar-refractivity contribution in [1.82, 2.24) is 9.62 Å². The molecular formula is C19H25N3O6S. The second-order valence-electron chi connectivity index (χ2n) is 6.95. The molecule has 29 heavy (non-hydrogen) atoms. The van der Waals surface area contributed by atoms with Gasteiger partial charge in [0, 0.05) is 18.7 Å². The fourth-order valence-corrected chi connectivity index (χ4v) is 4.18. The van der Waals surface area contributed by atoms with Gasteiger partial charge in [-0.1, -0.05) is 19.9 Å². The van der Waals surface area contributed by atoms with Crippen LogP contribution in [0.5, 0.6) is 0 Å². The van der Waals surface area contributed by atoms with Crippen LogP contribution in [0.25, 0.3) is 0 Å². The van der Waals surface area contributed by atoms with Crippen LogP contribution in [0.4, 0.5) is 0 Å². The molecule has 1 heterocycles. The predicted molar refractivity (Wildman–Crippen MR) is 103 cm³/mol. The fourth-order valence-electron chi connectivity index (χ4n) is 2.73. The van der Waals surface area contributed by atoms with E-state index >= 15 is 0 Å². The second kappa shape index (κ2) is 9.82. The monoisotopic (exact) mass is 423 g/mol. The predicted octanol–water partition coefficient (Wildman–Crippen LogP) is 0.917. The maximum absolute atomic E-state index is 12.8. The maximum Gasteiger partial charge on any atom is 0.330 e. The van der Waals surface area contributed by atoms with Crippen molar-refractivity contribution in [3.05, 3.63) is 29.8 Å². The van der Waals surface area contributed by atoms with Gasteiger partial charge in [0.2, 0.25) is 10.0 Å². The second-order valence-corrected chi connectivity index (χ2v) is 8.89. The van der Waals surface area contributed by atoms with Crippen LogP contribution >= 0.6 is 0 Å². The highest BCUT2D eigenvalue weighted by Gasteiger charge is 2.29. The molecule has 1 aromatic rings. The van der Waals surface area contributed by atoms with Crippen molar-refractivity contribution in [3.8, 4) is 6.07 Å². The summed E-state index contributed by atoms with van der Waals surface area (Å²) in [6.45, 7) is 6.01. The van der Waals surface area contributed by atoms with E-state index in [1.54, 1.807) is 19.9 Å². The molecule has 10 heteroatoms. The van der Waals surface area contributed by atoms with Gasteiger partial charge in [0.15, 0.2) is 6.10 Å². The number of hydrogen-bond donors (Lipinski definition) is 1. The van der Waals surface area contributed by atoms with Gasteiger partial charge in [-0.15, -0.1) is 0 Å². The number of nitrogens with zero attached hydrogens (tertiary/aromatic N) is 2. The molecule has 2 rings (SSSR count). The largest absolute Gasteiger partial charge is 0.446 e. The highest BCUT2D eigenvalue weighted by atomic mass is 32.2. The first-order valence-corrected chi connectivity index (χ1v) is 10.7. The van der Waals surface area contributed by atoms with E-state index in [1.807, 2.05) is 0 Å². The number of ether oxygens (including phenoxy) is 2. The van der Waals surface area contributed by atoms with Crippen molar-refractivity contribution in [1.29, 1.82) is 5.26 Å². The molecule has 158 valence electrons. The number of carbonyl (C=O) groups excluding carboxylic acids is 2. The number of rotatable bonds is 7. The third-order valence-electron chi connectivity index (χ3n) is 4.39. The van der Waals surface area contributed by atoms with Crippen LogP contribution in [0.2, 0.25) is 0 Å². The molecule has 0 bridgehead atoms. The van der Waals surface area contributed by atoms with Crippen LogP contribution in [0.3, 0.4) is 0 Å². The van der Waals surface area contributed by atoms with E-state index in [2.05, 4.69) is 5.32 Å². The van der Waals surface area contributed by atoms with Gasteiger partial charge in [0.25, 0.3) is 5.91 Å². The van der Waals surface area contributed by atoms with Crippen molar-refractivity contribution in [2.75, 3.05) is 26.3 Å². The molecule has 0 spiro atoms. The lowest BCUT2D eigenvalue weighted by Gasteiger charge is -2.26. The van der Waals surface area contributed by atoms with Crippen LogP contribution in [-0.2, 0) is 24.3 Å². The van der Waals surface area contributed by atoms with Crippen molar-refractivity contribution in [2.24, 2.45) is 5.92 Å². The van der Waals surface area contributed by atoms with E-state index in [-0.39, 0.29) is 29.5 Å². The normalized spacial score (nSPS) is 17.2. The van der Waals surface area contributed by atoms with E-state index in [0.29, 0.717) is 13.2 Å². The molecule has 1 fully saturated rings. The fraction of sp³-hybridized carbons (Fsp3) is 0.526. The van der Waals surface area contributed by atoms with Gasteiger partial charge in [-0.05, 0) is 31.0 Å². The number of esters is 1. The molecule has 2 unspecified atom stereocenters. The summed E-state index contributed by atoms with van der Waals surface area (Å²) in [7, 11) is -3.75. The Labute approximate surface area is 170 Å². The summed E-state index contributed by atoms with van der Waals surface area (Å²) < 4.78 is 37.1.